The van der Waals surface area contributed by atoms with Crippen molar-refractivity contribution in [3.63, 3.8) is 0 Å². The summed E-state index contributed by atoms with van der Waals surface area (Å²) < 4.78 is 36.0. The third-order valence-corrected chi connectivity index (χ3v) is 9.20. The van der Waals surface area contributed by atoms with Gasteiger partial charge in [-0.15, -0.1) is 10.1 Å². The number of sulfonamides is 1. The van der Waals surface area contributed by atoms with Gasteiger partial charge in [0, 0.05) is 25.7 Å². The summed E-state index contributed by atoms with van der Waals surface area (Å²) >= 11 is 0. The number of hydrogen-bond acceptors (Lipinski definition) is 10. The number of nitrogens with zero attached hydrogens (tertiary/aromatic N) is 5. The number of aromatic amines is 1. The molecule has 1 fully saturated rings. The number of H-pyrrole nitrogens is 1. The fourth-order valence-electron chi connectivity index (χ4n) is 5.29. The van der Waals surface area contributed by atoms with E-state index in [1.54, 1.807) is 24.6 Å². The Morgan fingerprint density at radius 2 is 2.02 bits per heavy atom. The second-order valence-electron chi connectivity index (χ2n) is 9.81. The van der Waals surface area contributed by atoms with E-state index in [-0.39, 0.29) is 36.3 Å². The Kier molecular flexibility index (Phi) is 9.28. The van der Waals surface area contributed by atoms with E-state index in [0.717, 1.165) is 12.0 Å². The van der Waals surface area contributed by atoms with Crippen molar-refractivity contribution in [2.45, 2.75) is 50.8 Å². The van der Waals surface area contributed by atoms with E-state index in [1.807, 2.05) is 6.92 Å². The number of aromatic nitrogens is 3. The van der Waals surface area contributed by atoms with Crippen molar-refractivity contribution in [2.75, 3.05) is 26.3 Å². The summed E-state index contributed by atoms with van der Waals surface area (Å²) in [7, 11) is -2.20. The van der Waals surface area contributed by atoms with Crippen LogP contribution in [0.2, 0.25) is 0 Å². The fourth-order valence-corrected chi connectivity index (χ4v) is 6.79. The molecule has 0 radical (unpaired) electrons. The van der Waals surface area contributed by atoms with Gasteiger partial charge in [-0.1, -0.05) is 18.5 Å². The largest absolute Gasteiger partial charge is 0.493 e. The lowest BCUT2D eigenvalue weighted by Crippen LogP contribution is -2.38. The average molecular weight is 591 g/mol. The standard InChI is InChI=1S/C26H34N6O8S/c1-4-6-19-21(16-27-34)30(3)24-23(19)28-25(29-26(24)33)20-15-18(7-8-22(20)39-5-2)41(37,38)31-12-9-17(10-13-31)11-14-40-32(35)36/h7-8,15-17,34H,4-6,9-14H2,1-3H3,(H,28,29,33)/b27-16+. The van der Waals surface area contributed by atoms with E-state index < -0.39 is 20.7 Å². The van der Waals surface area contributed by atoms with Crippen LogP contribution in [-0.4, -0.2) is 70.1 Å². The van der Waals surface area contributed by atoms with Gasteiger partial charge in [-0.05, 0) is 56.7 Å². The van der Waals surface area contributed by atoms with Crippen LogP contribution >= 0.6 is 0 Å². The van der Waals surface area contributed by atoms with Gasteiger partial charge in [0.25, 0.3) is 10.6 Å². The first-order chi connectivity index (χ1) is 19.6. The predicted octanol–water partition coefficient (Wildman–Crippen LogP) is 3.09. The van der Waals surface area contributed by atoms with Crippen LogP contribution in [0.1, 0.15) is 50.8 Å². The number of aryl methyl sites for hydroxylation is 2. The van der Waals surface area contributed by atoms with Gasteiger partial charge >= 0.3 is 0 Å². The molecular formula is C26H34N6O8S. The average Bonchev–Trinajstić information content (AvgIpc) is 3.20. The highest BCUT2D eigenvalue weighted by molar-refractivity contribution is 7.89. The number of hydrogen-bond donors (Lipinski definition) is 2. The van der Waals surface area contributed by atoms with Crippen LogP contribution in [0.5, 0.6) is 5.75 Å². The van der Waals surface area contributed by atoms with E-state index in [4.69, 9.17) is 9.72 Å². The molecule has 1 aromatic carbocycles. The van der Waals surface area contributed by atoms with Crippen molar-refractivity contribution in [1.29, 1.82) is 0 Å². The number of benzene rings is 1. The van der Waals surface area contributed by atoms with Crippen LogP contribution in [0.4, 0.5) is 0 Å². The molecule has 4 rings (SSSR count). The van der Waals surface area contributed by atoms with Crippen LogP contribution in [0, 0.1) is 16.0 Å². The van der Waals surface area contributed by atoms with E-state index in [2.05, 4.69) is 15.0 Å². The Bertz CT molecular complexity index is 1610. The normalized spacial score (nSPS) is 15.1. The maximum absolute atomic E-state index is 13.6. The lowest BCUT2D eigenvalue weighted by molar-refractivity contribution is -0.758. The molecule has 14 nitrogen and oxygen atoms in total. The maximum Gasteiger partial charge on any atom is 0.294 e. The first-order valence-corrected chi connectivity index (χ1v) is 14.9. The molecule has 1 aliphatic heterocycles. The van der Waals surface area contributed by atoms with E-state index in [9.17, 15) is 28.5 Å². The summed E-state index contributed by atoms with van der Waals surface area (Å²) in [5, 5.41) is 21.9. The molecule has 2 aromatic heterocycles. The van der Waals surface area contributed by atoms with Gasteiger partial charge in [0.15, 0.2) is 0 Å². The summed E-state index contributed by atoms with van der Waals surface area (Å²) in [5.41, 5.74) is 1.92. The van der Waals surface area contributed by atoms with Gasteiger partial charge in [-0.3, -0.25) is 4.79 Å². The first-order valence-electron chi connectivity index (χ1n) is 13.5. The van der Waals surface area contributed by atoms with Crippen LogP contribution in [0.3, 0.4) is 0 Å². The van der Waals surface area contributed by atoms with E-state index >= 15 is 0 Å². The third kappa shape index (κ3) is 6.20. The highest BCUT2D eigenvalue weighted by Gasteiger charge is 2.30. The molecule has 0 spiro atoms. The second kappa shape index (κ2) is 12.7. The third-order valence-electron chi connectivity index (χ3n) is 7.31. The van der Waals surface area contributed by atoms with Crippen molar-refractivity contribution in [1.82, 2.24) is 18.8 Å². The van der Waals surface area contributed by atoms with Crippen molar-refractivity contribution >= 4 is 27.3 Å². The molecule has 0 atom stereocenters. The van der Waals surface area contributed by atoms with E-state index in [1.165, 1.54) is 22.7 Å². The van der Waals surface area contributed by atoms with Crippen molar-refractivity contribution < 1.29 is 28.3 Å². The van der Waals surface area contributed by atoms with Crippen LogP contribution in [0.25, 0.3) is 22.4 Å². The zero-order valence-electron chi connectivity index (χ0n) is 23.2. The molecule has 0 unspecified atom stereocenters. The fraction of sp³-hybridized carbons (Fsp3) is 0.500. The Morgan fingerprint density at radius 1 is 1.29 bits per heavy atom. The number of rotatable bonds is 12. The summed E-state index contributed by atoms with van der Waals surface area (Å²) in [6.45, 7) is 4.62. The molecule has 0 saturated carbocycles. The summed E-state index contributed by atoms with van der Waals surface area (Å²) in [4.78, 5) is 35.6. The number of fused-ring (bicyclic) bond motifs is 1. The maximum atomic E-state index is 13.6. The van der Waals surface area contributed by atoms with Gasteiger partial charge in [0.1, 0.15) is 22.6 Å². The molecule has 1 saturated heterocycles. The molecule has 222 valence electrons. The Labute approximate surface area is 236 Å². The minimum atomic E-state index is -3.89. The summed E-state index contributed by atoms with van der Waals surface area (Å²) in [6, 6.07) is 4.48. The van der Waals surface area contributed by atoms with Crippen molar-refractivity contribution in [3.05, 3.63) is 49.9 Å². The smallest absolute Gasteiger partial charge is 0.294 e. The topological polar surface area (TPSA) is 182 Å². The first kappa shape index (κ1) is 30.0. The van der Waals surface area contributed by atoms with Crippen LogP contribution in [-0.2, 0) is 28.3 Å². The molecule has 41 heavy (non-hydrogen) atoms. The Balaban J connectivity index is 1.72. The Hall–Kier alpha value is -3.98. The molecular weight excluding hydrogens is 556 g/mol. The minimum absolute atomic E-state index is 0.0160. The van der Waals surface area contributed by atoms with Crippen LogP contribution < -0.4 is 10.3 Å². The summed E-state index contributed by atoms with van der Waals surface area (Å²) in [6.07, 6.45) is 4.20. The molecule has 0 amide bonds. The molecule has 0 bridgehead atoms. The van der Waals surface area contributed by atoms with E-state index in [0.29, 0.717) is 60.3 Å². The second-order valence-corrected chi connectivity index (χ2v) is 11.8. The van der Waals surface area contributed by atoms with Crippen molar-refractivity contribution in [2.24, 2.45) is 18.1 Å². The minimum Gasteiger partial charge on any atom is -0.493 e. The predicted molar refractivity (Wildman–Crippen MR) is 150 cm³/mol. The number of piperidine rings is 1. The summed E-state index contributed by atoms with van der Waals surface area (Å²) in [5.74, 6) is 0.647. The number of oxime groups is 1. The number of ether oxygens (including phenoxy) is 1. The zero-order valence-corrected chi connectivity index (χ0v) is 24.0. The van der Waals surface area contributed by atoms with Crippen molar-refractivity contribution in [3.8, 4) is 17.1 Å². The van der Waals surface area contributed by atoms with Gasteiger partial charge in [0.05, 0.1) is 35.6 Å². The van der Waals surface area contributed by atoms with Gasteiger partial charge in [0.2, 0.25) is 10.0 Å². The highest BCUT2D eigenvalue weighted by atomic mass is 32.2. The quantitative estimate of drug-likeness (QED) is 0.139. The van der Waals surface area contributed by atoms with Crippen LogP contribution in [0.15, 0.2) is 33.0 Å². The zero-order chi connectivity index (χ0) is 29.7. The molecule has 2 N–H and O–H groups in total. The lowest BCUT2D eigenvalue weighted by Gasteiger charge is -2.31. The monoisotopic (exact) mass is 590 g/mol. The highest BCUT2D eigenvalue weighted by Crippen LogP contribution is 2.34. The van der Waals surface area contributed by atoms with Gasteiger partial charge in [-0.2, -0.15) is 4.31 Å². The van der Waals surface area contributed by atoms with Gasteiger partial charge < -0.3 is 24.3 Å². The molecule has 3 heterocycles. The molecule has 3 aromatic rings. The lowest BCUT2D eigenvalue weighted by atomic mass is 9.95. The molecule has 0 aliphatic carbocycles. The van der Waals surface area contributed by atoms with Gasteiger partial charge in [-0.25, -0.2) is 13.4 Å². The molecule has 1 aliphatic rings. The SMILES string of the molecule is CCCc1c(/C=N/O)n(C)c2c(=O)[nH]c(-c3cc(S(=O)(=O)N4CCC(CCO[N+](=O)[O-])CC4)ccc3OCC)nc12. The number of nitrogens with one attached hydrogen (secondary N) is 1. The molecule has 15 heteroatoms. The Morgan fingerprint density at radius 3 is 2.66 bits per heavy atom.